The van der Waals surface area contributed by atoms with Crippen LogP contribution in [0.1, 0.15) is 37.7 Å². The van der Waals surface area contributed by atoms with Crippen molar-refractivity contribution in [2.24, 2.45) is 0 Å². The molecule has 1 N–H and O–H groups in total. The van der Waals surface area contributed by atoms with Crippen molar-refractivity contribution < 1.29 is 9.59 Å². The summed E-state index contributed by atoms with van der Waals surface area (Å²) < 4.78 is 0. The Kier molecular flexibility index (Phi) is 6.04. The van der Waals surface area contributed by atoms with Crippen molar-refractivity contribution in [3.8, 4) is 0 Å². The van der Waals surface area contributed by atoms with Gasteiger partial charge in [0.2, 0.25) is 11.8 Å². The van der Waals surface area contributed by atoms with Crippen molar-refractivity contribution in [3.05, 3.63) is 48.0 Å². The zero-order valence-corrected chi connectivity index (χ0v) is 14.7. The molecule has 0 unspecified atom stereocenters. The molecule has 0 spiro atoms. The average molecular weight is 338 g/mol. The van der Waals surface area contributed by atoms with Gasteiger partial charge >= 0.3 is 0 Å². The first-order valence-electron chi connectivity index (χ1n) is 9.24. The molecule has 2 aromatic rings. The molecule has 3 rings (SSSR count). The molecule has 0 aromatic heterocycles. The molecule has 2 amide bonds. The number of benzene rings is 2. The lowest BCUT2D eigenvalue weighted by Gasteiger charge is -2.20. The average Bonchev–Trinajstić information content (AvgIpc) is 2.83. The van der Waals surface area contributed by atoms with E-state index >= 15 is 0 Å². The lowest BCUT2D eigenvalue weighted by Crippen LogP contribution is -2.34. The molecule has 1 aliphatic rings. The number of carbonyl (C=O) groups is 2. The lowest BCUT2D eigenvalue weighted by molar-refractivity contribution is -0.130. The van der Waals surface area contributed by atoms with Crippen LogP contribution in [0, 0.1) is 0 Å². The normalized spacial score (nSPS) is 15.2. The molecule has 0 aliphatic carbocycles. The number of likely N-dealkylation sites (tertiary alicyclic amines) is 1. The van der Waals surface area contributed by atoms with Gasteiger partial charge in [-0.2, -0.15) is 0 Å². The molecular formula is C21H26N2O2. The van der Waals surface area contributed by atoms with E-state index in [1.54, 1.807) is 0 Å². The number of rotatable bonds is 6. The summed E-state index contributed by atoms with van der Waals surface area (Å²) in [7, 11) is 0. The van der Waals surface area contributed by atoms with E-state index in [9.17, 15) is 9.59 Å². The Balaban J connectivity index is 1.42. The fourth-order valence-corrected chi connectivity index (χ4v) is 3.37. The second kappa shape index (κ2) is 8.65. The van der Waals surface area contributed by atoms with Crippen LogP contribution in [0.3, 0.4) is 0 Å². The summed E-state index contributed by atoms with van der Waals surface area (Å²) in [6.45, 7) is 2.23. The molecule has 0 bridgehead atoms. The zero-order chi connectivity index (χ0) is 17.5. The van der Waals surface area contributed by atoms with Gasteiger partial charge in [0, 0.05) is 26.1 Å². The van der Waals surface area contributed by atoms with E-state index in [1.807, 2.05) is 23.1 Å². The minimum Gasteiger partial charge on any atom is -0.356 e. The molecule has 1 heterocycles. The van der Waals surface area contributed by atoms with Crippen molar-refractivity contribution >= 4 is 22.6 Å². The fraction of sp³-hybridized carbons (Fsp3) is 0.429. The van der Waals surface area contributed by atoms with E-state index in [4.69, 9.17) is 0 Å². The lowest BCUT2D eigenvalue weighted by atomic mass is 10.0. The molecule has 132 valence electrons. The van der Waals surface area contributed by atoms with Crippen molar-refractivity contribution in [2.45, 2.75) is 38.5 Å². The molecule has 4 nitrogen and oxygen atoms in total. The summed E-state index contributed by atoms with van der Waals surface area (Å²) in [5, 5.41) is 5.32. The number of fused-ring (bicyclic) bond motifs is 1. The Morgan fingerprint density at radius 3 is 2.76 bits per heavy atom. The van der Waals surface area contributed by atoms with Gasteiger partial charge in [0.25, 0.3) is 0 Å². The van der Waals surface area contributed by atoms with Crippen LogP contribution in [0.4, 0.5) is 0 Å². The van der Waals surface area contributed by atoms with Crippen molar-refractivity contribution in [3.63, 3.8) is 0 Å². The summed E-state index contributed by atoms with van der Waals surface area (Å²) >= 11 is 0. The van der Waals surface area contributed by atoms with Gasteiger partial charge in [-0.3, -0.25) is 9.59 Å². The van der Waals surface area contributed by atoms with E-state index < -0.39 is 0 Å². The molecule has 25 heavy (non-hydrogen) atoms. The maximum atomic E-state index is 12.1. The first kappa shape index (κ1) is 17.5. The molecule has 1 fully saturated rings. The van der Waals surface area contributed by atoms with E-state index in [-0.39, 0.29) is 11.8 Å². The summed E-state index contributed by atoms with van der Waals surface area (Å²) in [6, 6.07) is 14.3. The standard InChI is InChI=1S/C21H26N2O2/c24-20(16-17-10-11-18-7-3-4-8-19(18)15-17)22-12-6-14-23-13-5-1-2-9-21(23)25/h3-4,7-8,10-11,15H,1-2,5-6,9,12-14,16H2,(H,22,24). The second-order valence-corrected chi connectivity index (χ2v) is 6.75. The summed E-state index contributed by atoms with van der Waals surface area (Å²) in [6.07, 6.45) is 5.14. The highest BCUT2D eigenvalue weighted by atomic mass is 16.2. The van der Waals surface area contributed by atoms with Crippen LogP contribution in [-0.2, 0) is 16.0 Å². The van der Waals surface area contributed by atoms with Gasteiger partial charge in [-0.05, 0) is 35.6 Å². The largest absolute Gasteiger partial charge is 0.356 e. The molecule has 2 aromatic carbocycles. The zero-order valence-electron chi connectivity index (χ0n) is 14.7. The second-order valence-electron chi connectivity index (χ2n) is 6.75. The number of nitrogens with one attached hydrogen (secondary N) is 1. The first-order valence-corrected chi connectivity index (χ1v) is 9.24. The SMILES string of the molecule is O=C(Cc1ccc2ccccc2c1)NCCCN1CCCCCC1=O. The maximum Gasteiger partial charge on any atom is 0.224 e. The molecule has 1 saturated heterocycles. The summed E-state index contributed by atoms with van der Waals surface area (Å²) in [5.74, 6) is 0.303. The Hall–Kier alpha value is -2.36. The van der Waals surface area contributed by atoms with Crippen LogP contribution >= 0.6 is 0 Å². The Labute approximate surface area is 149 Å². The predicted octanol–water partition coefficient (Wildman–Crippen LogP) is 3.29. The van der Waals surface area contributed by atoms with Crippen molar-refractivity contribution in [1.82, 2.24) is 10.2 Å². The molecular weight excluding hydrogens is 312 g/mol. The van der Waals surface area contributed by atoms with Gasteiger partial charge in [-0.25, -0.2) is 0 Å². The quantitative estimate of drug-likeness (QED) is 0.822. The van der Waals surface area contributed by atoms with Gasteiger partial charge in [0.05, 0.1) is 6.42 Å². The van der Waals surface area contributed by atoms with E-state index in [2.05, 4.69) is 29.6 Å². The smallest absolute Gasteiger partial charge is 0.224 e. The van der Waals surface area contributed by atoms with Crippen LogP contribution < -0.4 is 5.32 Å². The summed E-state index contributed by atoms with van der Waals surface area (Å²) in [5.41, 5.74) is 1.03. The highest BCUT2D eigenvalue weighted by molar-refractivity contribution is 5.85. The van der Waals surface area contributed by atoms with E-state index in [1.165, 1.54) is 5.39 Å². The van der Waals surface area contributed by atoms with Gasteiger partial charge in [0.1, 0.15) is 0 Å². The first-order chi connectivity index (χ1) is 12.2. The van der Waals surface area contributed by atoms with E-state index in [0.717, 1.165) is 49.7 Å². The highest BCUT2D eigenvalue weighted by Crippen LogP contribution is 2.16. The Morgan fingerprint density at radius 2 is 1.88 bits per heavy atom. The van der Waals surface area contributed by atoms with Gasteiger partial charge in [0.15, 0.2) is 0 Å². The molecule has 0 atom stereocenters. The third-order valence-electron chi connectivity index (χ3n) is 4.78. The molecule has 1 aliphatic heterocycles. The fourth-order valence-electron chi connectivity index (χ4n) is 3.37. The van der Waals surface area contributed by atoms with Gasteiger partial charge in [-0.15, -0.1) is 0 Å². The molecule has 0 radical (unpaired) electrons. The van der Waals surface area contributed by atoms with Crippen molar-refractivity contribution in [1.29, 1.82) is 0 Å². The van der Waals surface area contributed by atoms with Gasteiger partial charge in [-0.1, -0.05) is 48.9 Å². The predicted molar refractivity (Wildman–Crippen MR) is 100 cm³/mol. The minimum absolute atomic E-state index is 0.0393. The Bertz CT molecular complexity index is 742. The topological polar surface area (TPSA) is 49.4 Å². The maximum absolute atomic E-state index is 12.1. The van der Waals surface area contributed by atoms with Crippen LogP contribution in [-0.4, -0.2) is 36.3 Å². The highest BCUT2D eigenvalue weighted by Gasteiger charge is 2.15. The molecule has 0 saturated carbocycles. The number of hydrogen-bond acceptors (Lipinski definition) is 2. The van der Waals surface area contributed by atoms with Crippen LogP contribution in [0.25, 0.3) is 10.8 Å². The van der Waals surface area contributed by atoms with Gasteiger partial charge < -0.3 is 10.2 Å². The summed E-state index contributed by atoms with van der Waals surface area (Å²) in [4.78, 5) is 26.0. The number of amides is 2. The minimum atomic E-state index is 0.0393. The van der Waals surface area contributed by atoms with Crippen LogP contribution in [0.15, 0.2) is 42.5 Å². The third kappa shape index (κ3) is 5.05. The number of carbonyl (C=O) groups excluding carboxylic acids is 2. The molecule has 4 heteroatoms. The Morgan fingerprint density at radius 1 is 1.04 bits per heavy atom. The number of hydrogen-bond donors (Lipinski definition) is 1. The van der Waals surface area contributed by atoms with E-state index in [0.29, 0.717) is 19.4 Å². The van der Waals surface area contributed by atoms with Crippen LogP contribution in [0.2, 0.25) is 0 Å². The number of nitrogens with zero attached hydrogens (tertiary/aromatic N) is 1. The van der Waals surface area contributed by atoms with Crippen LogP contribution in [0.5, 0.6) is 0 Å². The van der Waals surface area contributed by atoms with Crippen molar-refractivity contribution in [2.75, 3.05) is 19.6 Å². The third-order valence-corrected chi connectivity index (χ3v) is 4.78. The monoisotopic (exact) mass is 338 g/mol.